The first-order valence-corrected chi connectivity index (χ1v) is 11.8. The van der Waals surface area contributed by atoms with Crippen LogP contribution < -0.4 is 4.74 Å². The fraction of sp³-hybridized carbons (Fsp3) is 0.296. The Morgan fingerprint density at radius 2 is 1.75 bits per heavy atom. The lowest BCUT2D eigenvalue weighted by Gasteiger charge is -2.28. The van der Waals surface area contributed by atoms with Crippen LogP contribution in [-0.2, 0) is 22.3 Å². The molecule has 0 spiro atoms. The van der Waals surface area contributed by atoms with E-state index in [2.05, 4.69) is 4.98 Å². The third-order valence-electron chi connectivity index (χ3n) is 5.87. The molecule has 7 nitrogen and oxygen atoms in total. The predicted molar refractivity (Wildman–Crippen MR) is 133 cm³/mol. The van der Waals surface area contributed by atoms with Crippen LogP contribution in [0, 0.1) is 6.92 Å². The quantitative estimate of drug-likeness (QED) is 0.299. The Bertz CT molecular complexity index is 1380. The van der Waals surface area contributed by atoms with E-state index < -0.39 is 23.9 Å². The van der Waals surface area contributed by atoms with Gasteiger partial charge in [-0.05, 0) is 61.2 Å². The number of ether oxygens (including phenoxy) is 1. The summed E-state index contributed by atoms with van der Waals surface area (Å²) in [5, 5.41) is 7.12. The number of hydrogen-bond acceptors (Lipinski definition) is 4. The first-order chi connectivity index (χ1) is 18.7. The molecule has 0 saturated carbocycles. The second-order valence-electron chi connectivity index (χ2n) is 8.85. The number of likely N-dealkylation sites (tertiary alicyclic amines) is 1. The Kier molecular flexibility index (Phi) is 9.28. The molecule has 0 unspecified atom stereocenters. The fourth-order valence-corrected chi connectivity index (χ4v) is 3.93. The number of piperidine rings is 1. The molecule has 0 aliphatic carbocycles. The highest BCUT2D eigenvalue weighted by Gasteiger charge is 2.38. The van der Waals surface area contributed by atoms with Crippen LogP contribution in [0.2, 0.25) is 0 Å². The van der Waals surface area contributed by atoms with Crippen molar-refractivity contribution in [2.75, 3.05) is 13.7 Å². The van der Waals surface area contributed by atoms with Crippen LogP contribution in [-0.4, -0.2) is 51.3 Å². The number of nitrogens with zero attached hydrogens (tertiary/aromatic N) is 3. The number of halogens is 6. The van der Waals surface area contributed by atoms with Crippen molar-refractivity contribution >= 4 is 18.0 Å². The van der Waals surface area contributed by atoms with Crippen LogP contribution in [0.15, 0.2) is 60.6 Å². The summed E-state index contributed by atoms with van der Waals surface area (Å²) in [6, 6.07) is 10.7. The second kappa shape index (κ2) is 12.3. The summed E-state index contributed by atoms with van der Waals surface area (Å²) in [6.45, 7) is 2.75. The number of rotatable bonds is 5. The monoisotopic (exact) mass is 569 g/mol. The normalized spacial score (nSPS) is 15.1. The van der Waals surface area contributed by atoms with Gasteiger partial charge in [-0.3, -0.25) is 4.79 Å². The molecule has 1 aliphatic rings. The number of carbonyl (C=O) groups excluding carboxylic acids is 1. The molecule has 0 radical (unpaired) electrons. The molecule has 13 heteroatoms. The van der Waals surface area contributed by atoms with E-state index in [1.54, 1.807) is 18.3 Å². The first-order valence-electron chi connectivity index (χ1n) is 11.8. The molecule has 214 valence electrons. The van der Waals surface area contributed by atoms with E-state index in [0.29, 0.717) is 29.9 Å². The Morgan fingerprint density at radius 1 is 1.10 bits per heavy atom. The van der Waals surface area contributed by atoms with Gasteiger partial charge in [-0.2, -0.15) is 26.3 Å². The number of carboxylic acid groups (broad SMARTS) is 1. The summed E-state index contributed by atoms with van der Waals surface area (Å²) in [5.41, 5.74) is 3.22. The van der Waals surface area contributed by atoms with E-state index >= 15 is 0 Å². The second-order valence-corrected chi connectivity index (χ2v) is 8.85. The zero-order valence-corrected chi connectivity index (χ0v) is 21.4. The number of carbonyl (C=O) groups is 2. The molecule has 40 heavy (non-hydrogen) atoms. The SMILES string of the molecule is COc1cc(C=C2CCCN(Cc3ccc(C(F)(F)F)cc3)C2=O)ccc1-n1cnc(C)c1.O=C(O)C(F)(F)F. The number of aryl methyl sites for hydroxylation is 1. The van der Waals surface area contributed by atoms with Crippen molar-refractivity contribution in [2.24, 2.45) is 0 Å². The fourth-order valence-electron chi connectivity index (χ4n) is 3.93. The maximum absolute atomic E-state index is 13.0. The van der Waals surface area contributed by atoms with E-state index in [9.17, 15) is 31.1 Å². The minimum atomic E-state index is -5.08. The number of amides is 1. The molecule has 2 aromatic carbocycles. The van der Waals surface area contributed by atoms with Gasteiger partial charge in [0.25, 0.3) is 0 Å². The zero-order valence-electron chi connectivity index (χ0n) is 21.4. The number of hydrogen-bond donors (Lipinski definition) is 1. The van der Waals surface area contributed by atoms with Crippen molar-refractivity contribution in [2.45, 2.75) is 38.7 Å². The van der Waals surface area contributed by atoms with Gasteiger partial charge < -0.3 is 19.3 Å². The highest BCUT2D eigenvalue weighted by atomic mass is 19.4. The van der Waals surface area contributed by atoms with Crippen LogP contribution in [0.1, 0.15) is 35.2 Å². The molecule has 0 bridgehead atoms. The lowest BCUT2D eigenvalue weighted by atomic mass is 9.99. The van der Waals surface area contributed by atoms with Gasteiger partial charge in [0.1, 0.15) is 5.75 Å². The lowest BCUT2D eigenvalue weighted by Crippen LogP contribution is -2.36. The van der Waals surface area contributed by atoms with Crippen molar-refractivity contribution in [1.82, 2.24) is 14.5 Å². The Labute approximate surface area is 225 Å². The van der Waals surface area contributed by atoms with Gasteiger partial charge in [-0.15, -0.1) is 0 Å². The average molecular weight is 570 g/mol. The minimum Gasteiger partial charge on any atom is -0.495 e. The lowest BCUT2D eigenvalue weighted by molar-refractivity contribution is -0.192. The number of benzene rings is 2. The first kappa shape index (κ1) is 30.3. The predicted octanol–water partition coefficient (Wildman–Crippen LogP) is 6.05. The molecule has 3 aromatic rings. The highest BCUT2D eigenvalue weighted by molar-refractivity contribution is 5.98. The van der Waals surface area contributed by atoms with Gasteiger partial charge in [0.2, 0.25) is 5.91 Å². The number of alkyl halides is 6. The van der Waals surface area contributed by atoms with Crippen molar-refractivity contribution in [3.05, 3.63) is 82.9 Å². The smallest absolute Gasteiger partial charge is 0.490 e. The topological polar surface area (TPSA) is 84.7 Å². The Morgan fingerprint density at radius 3 is 2.27 bits per heavy atom. The van der Waals surface area contributed by atoms with Gasteiger partial charge in [-0.25, -0.2) is 9.78 Å². The van der Waals surface area contributed by atoms with Gasteiger partial charge in [-0.1, -0.05) is 18.2 Å². The third-order valence-corrected chi connectivity index (χ3v) is 5.87. The highest BCUT2D eigenvalue weighted by Crippen LogP contribution is 2.30. The van der Waals surface area contributed by atoms with Crippen LogP contribution in [0.25, 0.3) is 11.8 Å². The van der Waals surface area contributed by atoms with Crippen LogP contribution >= 0.6 is 0 Å². The number of imidazole rings is 1. The summed E-state index contributed by atoms with van der Waals surface area (Å²) < 4.78 is 77.5. The van der Waals surface area contributed by atoms with Gasteiger partial charge in [0.15, 0.2) is 0 Å². The molecule has 0 atom stereocenters. The minimum absolute atomic E-state index is 0.102. The summed E-state index contributed by atoms with van der Waals surface area (Å²) >= 11 is 0. The molecule has 1 aromatic heterocycles. The van der Waals surface area contributed by atoms with Crippen molar-refractivity contribution in [3.8, 4) is 11.4 Å². The molecule has 1 N–H and O–H groups in total. The van der Waals surface area contributed by atoms with Crippen LogP contribution in [0.3, 0.4) is 0 Å². The summed E-state index contributed by atoms with van der Waals surface area (Å²) in [6.07, 6.45) is -2.54. The number of aromatic nitrogens is 2. The third kappa shape index (κ3) is 7.87. The van der Waals surface area contributed by atoms with Gasteiger partial charge >= 0.3 is 18.3 Å². The molecule has 2 heterocycles. The molecular weight excluding hydrogens is 544 g/mol. The van der Waals surface area contributed by atoms with Crippen molar-refractivity contribution in [3.63, 3.8) is 0 Å². The molecule has 1 aliphatic heterocycles. The maximum atomic E-state index is 13.0. The van der Waals surface area contributed by atoms with Crippen molar-refractivity contribution < 1.29 is 45.8 Å². The zero-order chi connectivity index (χ0) is 29.7. The maximum Gasteiger partial charge on any atom is 0.490 e. The van der Waals surface area contributed by atoms with Gasteiger partial charge in [0, 0.05) is 24.9 Å². The molecule has 1 fully saturated rings. The largest absolute Gasteiger partial charge is 0.495 e. The Balaban J connectivity index is 0.000000559. The van der Waals surface area contributed by atoms with E-state index in [4.69, 9.17) is 14.6 Å². The molecule has 1 amide bonds. The molecular formula is C27H25F6N3O4. The molecule has 1 saturated heterocycles. The van der Waals surface area contributed by atoms with E-state index in [0.717, 1.165) is 35.5 Å². The average Bonchev–Trinajstić information content (AvgIpc) is 3.32. The van der Waals surface area contributed by atoms with Crippen molar-refractivity contribution in [1.29, 1.82) is 0 Å². The van der Waals surface area contributed by atoms with E-state index in [1.165, 1.54) is 12.1 Å². The standard InChI is InChI=1S/C25H24F3N3O2.C2HF3O2/c1-17-14-31(16-29-17)22-10-7-19(13-23(22)33-2)12-20-4-3-11-30(24(20)32)15-18-5-8-21(9-6-18)25(26,27)28;3-2(4,5)1(6)7/h5-10,12-14,16H,3-4,11,15H2,1-2H3;(H,6,7). The van der Waals surface area contributed by atoms with E-state index in [1.807, 2.05) is 42.0 Å². The number of aliphatic carboxylic acids is 1. The summed E-state index contributed by atoms with van der Waals surface area (Å²) in [7, 11) is 1.59. The summed E-state index contributed by atoms with van der Waals surface area (Å²) in [4.78, 5) is 27.9. The number of carboxylic acids is 1. The van der Waals surface area contributed by atoms with Crippen LogP contribution in [0.5, 0.6) is 5.75 Å². The number of methoxy groups -OCH3 is 1. The Hall–Kier alpha value is -4.29. The van der Waals surface area contributed by atoms with Crippen LogP contribution in [0.4, 0.5) is 26.3 Å². The van der Waals surface area contributed by atoms with E-state index in [-0.39, 0.29) is 12.5 Å². The summed E-state index contributed by atoms with van der Waals surface area (Å²) in [5.74, 6) is -2.20. The molecule has 4 rings (SSSR count). The van der Waals surface area contributed by atoms with Gasteiger partial charge in [0.05, 0.1) is 30.4 Å².